The molecule has 2 aliphatic rings. The monoisotopic (exact) mass is 379 g/mol. The van der Waals surface area contributed by atoms with Crippen molar-refractivity contribution in [3.63, 3.8) is 0 Å². The van der Waals surface area contributed by atoms with Crippen LogP contribution in [0.3, 0.4) is 0 Å². The molecule has 0 fully saturated rings. The van der Waals surface area contributed by atoms with E-state index in [1.54, 1.807) is 0 Å². The summed E-state index contributed by atoms with van der Waals surface area (Å²) in [6, 6.07) is 14.9. The van der Waals surface area contributed by atoms with Gasteiger partial charge in [-0.2, -0.15) is 0 Å². The van der Waals surface area contributed by atoms with Gasteiger partial charge < -0.3 is 14.9 Å². The Morgan fingerprint density at radius 1 is 0.926 bits per heavy atom. The Bertz CT molecular complexity index is 1020. The summed E-state index contributed by atoms with van der Waals surface area (Å²) in [6.45, 7) is 0.365. The average Bonchev–Trinajstić information content (AvgIpc) is 3.36. The van der Waals surface area contributed by atoms with E-state index in [4.69, 9.17) is 16.3 Å². The molecule has 2 aliphatic carbocycles. The first-order valence-corrected chi connectivity index (χ1v) is 9.32. The zero-order valence-corrected chi connectivity index (χ0v) is 15.2. The highest BCUT2D eigenvalue weighted by Gasteiger charge is 2.41. The van der Waals surface area contributed by atoms with E-state index >= 15 is 0 Å². The number of aromatic nitrogens is 1. The standard InChI is InChI=1S/C22H18ClNO3/c23-16-9-5-13(6-10-16)12-27-18-4-2-1-3-17(18)24-21(25)19-14-7-8-15(11-14)20(19)22(24)26/h1-10,14-15,25-26H,11-12H2. The fourth-order valence-electron chi connectivity index (χ4n) is 4.17. The molecule has 1 heterocycles. The molecular weight excluding hydrogens is 362 g/mol. The molecule has 0 spiro atoms. The predicted molar refractivity (Wildman–Crippen MR) is 104 cm³/mol. The number of rotatable bonds is 4. The molecule has 5 heteroatoms. The summed E-state index contributed by atoms with van der Waals surface area (Å²) >= 11 is 5.93. The molecule has 0 radical (unpaired) electrons. The summed E-state index contributed by atoms with van der Waals surface area (Å²) in [5.74, 6) is 1.15. The number of fused-ring (bicyclic) bond motifs is 5. The summed E-state index contributed by atoms with van der Waals surface area (Å²) in [4.78, 5) is 0. The van der Waals surface area contributed by atoms with Gasteiger partial charge in [-0.3, -0.25) is 0 Å². The van der Waals surface area contributed by atoms with Crippen molar-refractivity contribution in [2.24, 2.45) is 0 Å². The Morgan fingerprint density at radius 2 is 1.56 bits per heavy atom. The van der Waals surface area contributed by atoms with Crippen LogP contribution in [0.4, 0.5) is 0 Å². The molecule has 3 aromatic rings. The summed E-state index contributed by atoms with van der Waals surface area (Å²) in [7, 11) is 0. The third-order valence-corrected chi connectivity index (χ3v) is 5.69. The van der Waals surface area contributed by atoms with Crippen LogP contribution in [-0.2, 0) is 6.61 Å². The van der Waals surface area contributed by atoms with E-state index in [9.17, 15) is 10.2 Å². The number of halogens is 1. The quantitative estimate of drug-likeness (QED) is 0.608. The first-order chi connectivity index (χ1) is 13.1. The molecule has 2 atom stereocenters. The van der Waals surface area contributed by atoms with E-state index in [0.29, 0.717) is 23.1 Å². The van der Waals surface area contributed by atoms with E-state index in [1.165, 1.54) is 4.57 Å². The van der Waals surface area contributed by atoms with Crippen molar-refractivity contribution in [2.75, 3.05) is 0 Å². The van der Waals surface area contributed by atoms with Gasteiger partial charge in [0.25, 0.3) is 0 Å². The van der Waals surface area contributed by atoms with Gasteiger partial charge in [-0.15, -0.1) is 0 Å². The van der Waals surface area contributed by atoms with Gasteiger partial charge in [0, 0.05) is 28.0 Å². The lowest BCUT2D eigenvalue weighted by atomic mass is 10.0. The van der Waals surface area contributed by atoms with Gasteiger partial charge in [0.05, 0.1) is 5.69 Å². The first kappa shape index (κ1) is 16.3. The molecule has 1 aromatic heterocycles. The molecule has 2 N–H and O–H groups in total. The minimum Gasteiger partial charge on any atom is -0.494 e. The van der Waals surface area contributed by atoms with Crippen molar-refractivity contribution >= 4 is 11.6 Å². The maximum atomic E-state index is 10.8. The van der Waals surface area contributed by atoms with Crippen LogP contribution in [-0.4, -0.2) is 14.8 Å². The maximum Gasteiger partial charge on any atom is 0.202 e. The molecule has 0 saturated heterocycles. The maximum absolute atomic E-state index is 10.8. The highest BCUT2D eigenvalue weighted by atomic mass is 35.5. The Balaban J connectivity index is 1.51. The van der Waals surface area contributed by atoms with Gasteiger partial charge in [0.2, 0.25) is 11.8 Å². The van der Waals surface area contributed by atoms with Crippen molar-refractivity contribution in [2.45, 2.75) is 24.9 Å². The van der Waals surface area contributed by atoms with Crippen molar-refractivity contribution in [3.05, 3.63) is 82.4 Å². The number of para-hydroxylation sites is 2. The van der Waals surface area contributed by atoms with Crippen LogP contribution in [0.5, 0.6) is 17.5 Å². The van der Waals surface area contributed by atoms with Crippen LogP contribution in [0.2, 0.25) is 5.02 Å². The van der Waals surface area contributed by atoms with Crippen molar-refractivity contribution in [1.29, 1.82) is 0 Å². The molecule has 0 amide bonds. The number of allylic oxidation sites excluding steroid dienone is 2. The van der Waals surface area contributed by atoms with E-state index in [0.717, 1.165) is 23.1 Å². The van der Waals surface area contributed by atoms with E-state index in [1.807, 2.05) is 48.5 Å². The SMILES string of the molecule is Oc1c2c(c(O)n1-c1ccccc1OCc1ccc(Cl)cc1)C1C=CC2C1. The summed E-state index contributed by atoms with van der Waals surface area (Å²) in [6.07, 6.45) is 5.15. The van der Waals surface area contributed by atoms with Crippen molar-refractivity contribution < 1.29 is 14.9 Å². The first-order valence-electron chi connectivity index (χ1n) is 8.95. The molecule has 27 heavy (non-hydrogen) atoms. The fraction of sp³-hybridized carbons (Fsp3) is 0.182. The summed E-state index contributed by atoms with van der Waals surface area (Å²) in [5, 5.41) is 22.4. The third kappa shape index (κ3) is 2.52. The minimum atomic E-state index is 0.0990. The lowest BCUT2D eigenvalue weighted by Gasteiger charge is -2.15. The molecule has 0 saturated carbocycles. The third-order valence-electron chi connectivity index (χ3n) is 5.43. The highest BCUT2D eigenvalue weighted by Crippen LogP contribution is 2.57. The van der Waals surface area contributed by atoms with Gasteiger partial charge >= 0.3 is 0 Å². The number of benzene rings is 2. The molecule has 4 nitrogen and oxygen atoms in total. The number of ether oxygens (including phenoxy) is 1. The lowest BCUT2D eigenvalue weighted by molar-refractivity contribution is 0.302. The molecule has 5 rings (SSSR count). The van der Waals surface area contributed by atoms with Gasteiger partial charge in [-0.1, -0.05) is 48.0 Å². The van der Waals surface area contributed by atoms with E-state index in [2.05, 4.69) is 12.2 Å². The van der Waals surface area contributed by atoms with Gasteiger partial charge in [-0.25, -0.2) is 4.57 Å². The second-order valence-corrected chi connectivity index (χ2v) is 7.46. The Morgan fingerprint density at radius 3 is 2.22 bits per heavy atom. The lowest BCUT2D eigenvalue weighted by Crippen LogP contribution is -2.02. The number of hydrogen-bond acceptors (Lipinski definition) is 3. The molecular formula is C22H18ClNO3. The topological polar surface area (TPSA) is 54.6 Å². The second kappa shape index (κ2) is 6.10. The normalized spacial score (nSPS) is 19.4. The van der Waals surface area contributed by atoms with Crippen LogP contribution >= 0.6 is 11.6 Å². The Hall–Kier alpha value is -2.85. The van der Waals surface area contributed by atoms with Crippen LogP contribution in [0.15, 0.2) is 60.7 Å². The minimum absolute atomic E-state index is 0.0990. The summed E-state index contributed by atoms with van der Waals surface area (Å²) < 4.78 is 7.49. The van der Waals surface area contributed by atoms with Gasteiger partial charge in [0.1, 0.15) is 12.4 Å². The molecule has 136 valence electrons. The van der Waals surface area contributed by atoms with Gasteiger partial charge in [0.15, 0.2) is 0 Å². The second-order valence-electron chi connectivity index (χ2n) is 7.03. The Labute approximate surface area is 161 Å². The number of hydrogen-bond donors (Lipinski definition) is 2. The zero-order chi connectivity index (χ0) is 18.5. The molecule has 2 unspecified atom stereocenters. The molecule has 0 aliphatic heterocycles. The van der Waals surface area contributed by atoms with Crippen molar-refractivity contribution in [3.8, 4) is 23.2 Å². The number of aromatic hydroxyl groups is 2. The van der Waals surface area contributed by atoms with Crippen molar-refractivity contribution in [1.82, 2.24) is 4.57 Å². The van der Waals surface area contributed by atoms with Crippen LogP contribution in [0.25, 0.3) is 5.69 Å². The highest BCUT2D eigenvalue weighted by molar-refractivity contribution is 6.30. The summed E-state index contributed by atoms with van der Waals surface area (Å²) in [5.41, 5.74) is 3.29. The van der Waals surface area contributed by atoms with Crippen LogP contribution in [0.1, 0.15) is 34.9 Å². The largest absolute Gasteiger partial charge is 0.494 e. The van der Waals surface area contributed by atoms with Crippen LogP contribution < -0.4 is 4.74 Å². The average molecular weight is 380 g/mol. The fourth-order valence-corrected chi connectivity index (χ4v) is 4.30. The van der Waals surface area contributed by atoms with Crippen LogP contribution in [0, 0.1) is 0 Å². The number of nitrogens with zero attached hydrogens (tertiary/aromatic N) is 1. The smallest absolute Gasteiger partial charge is 0.202 e. The molecule has 2 aromatic carbocycles. The van der Waals surface area contributed by atoms with Gasteiger partial charge in [-0.05, 0) is 36.2 Å². The predicted octanol–water partition coefficient (Wildman–Crippen LogP) is 5.26. The molecule has 2 bridgehead atoms. The van der Waals surface area contributed by atoms with E-state index in [-0.39, 0.29) is 23.6 Å². The Kier molecular flexibility index (Phi) is 3.69. The zero-order valence-electron chi connectivity index (χ0n) is 14.5. The van der Waals surface area contributed by atoms with E-state index < -0.39 is 0 Å².